The molecule has 8 nitrogen and oxygen atoms in total. The summed E-state index contributed by atoms with van der Waals surface area (Å²) in [6.45, 7) is 1.91. The third-order valence-corrected chi connectivity index (χ3v) is 4.29. The lowest BCUT2D eigenvalue weighted by atomic mass is 10.2. The van der Waals surface area contributed by atoms with E-state index in [0.29, 0.717) is 44.9 Å². The molecule has 134 valence electrons. The summed E-state index contributed by atoms with van der Waals surface area (Å²) >= 11 is 1.13. The fraction of sp³-hybridized carbons (Fsp3) is 0.312. The highest BCUT2D eigenvalue weighted by atomic mass is 32.1. The molecule has 0 aliphatic carbocycles. The Labute approximate surface area is 149 Å². The minimum absolute atomic E-state index is 0.354. The van der Waals surface area contributed by atoms with Gasteiger partial charge >= 0.3 is 0 Å². The van der Waals surface area contributed by atoms with Crippen molar-refractivity contribution in [3.05, 3.63) is 28.3 Å². The Kier molecular flexibility index (Phi) is 6.18. The van der Waals surface area contributed by atoms with Crippen LogP contribution in [0.1, 0.15) is 27.9 Å². The number of nitrogens with zero attached hydrogens (tertiary/aromatic N) is 2. The average Bonchev–Trinajstić information content (AvgIpc) is 3.02. The molecule has 2 aromatic rings. The van der Waals surface area contributed by atoms with E-state index in [1.807, 2.05) is 6.92 Å². The second-order valence-corrected chi connectivity index (χ2v) is 5.86. The fourth-order valence-corrected chi connectivity index (χ4v) is 2.96. The number of ether oxygens (including phenoxy) is 3. The molecule has 0 bridgehead atoms. The van der Waals surface area contributed by atoms with Gasteiger partial charge in [0.15, 0.2) is 16.6 Å². The number of aryl methyl sites for hydroxylation is 1. The summed E-state index contributed by atoms with van der Waals surface area (Å²) < 4.78 is 15.8. The van der Waals surface area contributed by atoms with E-state index in [2.05, 4.69) is 15.5 Å². The van der Waals surface area contributed by atoms with Crippen LogP contribution in [0, 0.1) is 0 Å². The van der Waals surface area contributed by atoms with Gasteiger partial charge in [0.25, 0.3) is 5.91 Å². The monoisotopic (exact) mass is 364 g/mol. The molecule has 1 aromatic heterocycles. The minimum atomic E-state index is -0.359. The van der Waals surface area contributed by atoms with E-state index in [1.54, 1.807) is 12.1 Å². The van der Waals surface area contributed by atoms with Crippen molar-refractivity contribution in [2.45, 2.75) is 13.3 Å². The summed E-state index contributed by atoms with van der Waals surface area (Å²) in [4.78, 5) is 16.8. The molecule has 2 rings (SSSR count). The van der Waals surface area contributed by atoms with Crippen LogP contribution < -0.4 is 25.4 Å². The standard InChI is InChI=1S/C16H20N4O4S/c1-5-10-14(25-16(17)19-10)15(21)20-18-8-9-6-12(23-3)13(24-4)7-11(9)22-2/h6-8H,5H2,1-4H3,(H2,17,19)(H,20,21)/b18-8+. The molecule has 0 saturated heterocycles. The fourth-order valence-electron chi connectivity index (χ4n) is 2.15. The van der Waals surface area contributed by atoms with Gasteiger partial charge in [0.2, 0.25) is 0 Å². The van der Waals surface area contributed by atoms with Crippen molar-refractivity contribution in [2.24, 2.45) is 5.10 Å². The number of hydrogen-bond donors (Lipinski definition) is 2. The van der Waals surface area contributed by atoms with Gasteiger partial charge in [-0.1, -0.05) is 18.3 Å². The molecule has 0 atom stereocenters. The van der Waals surface area contributed by atoms with Crippen LogP contribution in [-0.2, 0) is 6.42 Å². The van der Waals surface area contributed by atoms with Gasteiger partial charge in [0, 0.05) is 11.6 Å². The van der Waals surface area contributed by atoms with Crippen molar-refractivity contribution in [2.75, 3.05) is 27.1 Å². The first-order valence-corrected chi connectivity index (χ1v) is 8.24. The number of benzene rings is 1. The van der Waals surface area contributed by atoms with Crippen molar-refractivity contribution >= 4 is 28.6 Å². The first-order valence-electron chi connectivity index (χ1n) is 7.42. The Balaban J connectivity index is 2.20. The molecule has 9 heteroatoms. The Hall–Kier alpha value is -2.81. The summed E-state index contributed by atoms with van der Waals surface area (Å²) in [5, 5.41) is 4.33. The van der Waals surface area contributed by atoms with Crippen molar-refractivity contribution in [3.8, 4) is 17.2 Å². The van der Waals surface area contributed by atoms with Crippen LogP contribution in [-0.4, -0.2) is 38.4 Å². The molecule has 1 aromatic carbocycles. The number of carbonyl (C=O) groups is 1. The molecule has 1 heterocycles. The minimum Gasteiger partial charge on any atom is -0.496 e. The zero-order chi connectivity index (χ0) is 18.4. The maximum absolute atomic E-state index is 12.2. The Morgan fingerprint density at radius 1 is 1.24 bits per heavy atom. The normalized spacial score (nSPS) is 10.7. The van der Waals surface area contributed by atoms with Gasteiger partial charge in [-0.05, 0) is 12.5 Å². The molecule has 0 fully saturated rings. The van der Waals surface area contributed by atoms with Gasteiger partial charge in [-0.15, -0.1) is 0 Å². The number of rotatable bonds is 7. The number of thiazole rings is 1. The number of anilines is 1. The highest BCUT2D eigenvalue weighted by Crippen LogP contribution is 2.33. The number of hydrogen-bond acceptors (Lipinski definition) is 8. The molecular weight excluding hydrogens is 344 g/mol. The lowest BCUT2D eigenvalue weighted by molar-refractivity contribution is 0.0958. The third-order valence-electron chi connectivity index (χ3n) is 3.36. The molecule has 3 N–H and O–H groups in total. The number of methoxy groups -OCH3 is 3. The zero-order valence-corrected chi connectivity index (χ0v) is 15.3. The third kappa shape index (κ3) is 4.18. The van der Waals surface area contributed by atoms with Crippen molar-refractivity contribution in [1.29, 1.82) is 0 Å². The summed E-state index contributed by atoms with van der Waals surface area (Å²) in [6, 6.07) is 3.39. The van der Waals surface area contributed by atoms with Crippen LogP contribution in [0.15, 0.2) is 17.2 Å². The van der Waals surface area contributed by atoms with Crippen LogP contribution in [0.2, 0.25) is 0 Å². The van der Waals surface area contributed by atoms with Gasteiger partial charge in [0.05, 0.1) is 33.2 Å². The van der Waals surface area contributed by atoms with Crippen molar-refractivity contribution < 1.29 is 19.0 Å². The number of nitrogen functional groups attached to an aromatic ring is 1. The van der Waals surface area contributed by atoms with E-state index in [1.165, 1.54) is 27.5 Å². The van der Waals surface area contributed by atoms with Gasteiger partial charge in [0.1, 0.15) is 10.6 Å². The van der Waals surface area contributed by atoms with E-state index in [-0.39, 0.29) is 5.91 Å². The molecule has 0 radical (unpaired) electrons. The maximum Gasteiger partial charge on any atom is 0.283 e. The first kappa shape index (κ1) is 18.5. The van der Waals surface area contributed by atoms with Crippen LogP contribution in [0.25, 0.3) is 0 Å². The largest absolute Gasteiger partial charge is 0.496 e. The number of nitrogens with two attached hydrogens (primary N) is 1. The lowest BCUT2D eigenvalue weighted by Gasteiger charge is -2.11. The van der Waals surface area contributed by atoms with Crippen molar-refractivity contribution in [1.82, 2.24) is 10.4 Å². The summed E-state index contributed by atoms with van der Waals surface area (Å²) in [6.07, 6.45) is 2.08. The molecule has 1 amide bonds. The number of nitrogens with one attached hydrogen (secondary N) is 1. The highest BCUT2D eigenvalue weighted by Gasteiger charge is 2.15. The summed E-state index contributed by atoms with van der Waals surface area (Å²) in [5.41, 5.74) is 9.40. The number of aromatic nitrogens is 1. The quantitative estimate of drug-likeness (QED) is 0.575. The predicted octanol–water partition coefficient (Wildman–Crippen LogP) is 2.08. The second kappa shape index (κ2) is 8.34. The molecule has 0 aliphatic rings. The van der Waals surface area contributed by atoms with Crippen LogP contribution >= 0.6 is 11.3 Å². The predicted molar refractivity (Wildman–Crippen MR) is 97.1 cm³/mol. The van der Waals surface area contributed by atoms with E-state index >= 15 is 0 Å². The Morgan fingerprint density at radius 2 is 1.88 bits per heavy atom. The number of amides is 1. The highest BCUT2D eigenvalue weighted by molar-refractivity contribution is 7.17. The summed E-state index contributed by atoms with van der Waals surface area (Å²) in [7, 11) is 4.61. The molecule has 0 aliphatic heterocycles. The topological polar surface area (TPSA) is 108 Å². The van der Waals surface area contributed by atoms with E-state index < -0.39 is 0 Å². The first-order chi connectivity index (χ1) is 12.0. The smallest absolute Gasteiger partial charge is 0.283 e. The molecule has 25 heavy (non-hydrogen) atoms. The van der Waals surface area contributed by atoms with E-state index in [9.17, 15) is 4.79 Å². The average molecular weight is 364 g/mol. The molecule has 0 unspecified atom stereocenters. The molecule has 0 spiro atoms. The van der Waals surface area contributed by atoms with Gasteiger partial charge in [-0.2, -0.15) is 5.10 Å². The molecule has 0 saturated carbocycles. The van der Waals surface area contributed by atoms with Gasteiger partial charge in [-0.25, -0.2) is 10.4 Å². The Bertz CT molecular complexity index is 789. The van der Waals surface area contributed by atoms with Crippen LogP contribution in [0.4, 0.5) is 5.13 Å². The van der Waals surface area contributed by atoms with E-state index in [0.717, 1.165) is 11.3 Å². The van der Waals surface area contributed by atoms with Gasteiger partial charge in [-0.3, -0.25) is 4.79 Å². The van der Waals surface area contributed by atoms with Gasteiger partial charge < -0.3 is 19.9 Å². The number of carbonyl (C=O) groups excluding carboxylic acids is 1. The Morgan fingerprint density at radius 3 is 2.48 bits per heavy atom. The van der Waals surface area contributed by atoms with E-state index in [4.69, 9.17) is 19.9 Å². The van der Waals surface area contributed by atoms with Crippen LogP contribution in [0.5, 0.6) is 17.2 Å². The second-order valence-electron chi connectivity index (χ2n) is 4.83. The zero-order valence-electron chi connectivity index (χ0n) is 14.5. The lowest BCUT2D eigenvalue weighted by Crippen LogP contribution is -2.17. The van der Waals surface area contributed by atoms with Crippen molar-refractivity contribution in [3.63, 3.8) is 0 Å². The SMILES string of the molecule is CCc1nc(N)sc1C(=O)N/N=C/c1cc(OC)c(OC)cc1OC. The number of hydrazone groups is 1. The van der Waals surface area contributed by atoms with Crippen LogP contribution in [0.3, 0.4) is 0 Å². The molecular formula is C16H20N4O4S. The maximum atomic E-state index is 12.2. The summed E-state index contributed by atoms with van der Waals surface area (Å²) in [5.74, 6) is 1.24.